The van der Waals surface area contributed by atoms with Crippen molar-refractivity contribution in [3.05, 3.63) is 118 Å². The lowest BCUT2D eigenvalue weighted by molar-refractivity contribution is -0.251. The maximum absolute atomic E-state index is 13.2. The number of benzene rings is 3. The van der Waals surface area contributed by atoms with Crippen LogP contribution in [0.3, 0.4) is 0 Å². The van der Waals surface area contributed by atoms with Crippen molar-refractivity contribution in [3.8, 4) is 0 Å². The topological polar surface area (TPSA) is 170 Å². The molecule has 0 aromatic heterocycles. The van der Waals surface area contributed by atoms with E-state index in [4.69, 9.17) is 63.9 Å². The first-order chi connectivity index (χ1) is 21.1. The predicted octanol–water partition coefficient (Wildman–Crippen LogP) is 6.06. The van der Waals surface area contributed by atoms with Crippen molar-refractivity contribution in [2.75, 3.05) is 6.61 Å². The second kappa shape index (κ2) is 14.9. The van der Waals surface area contributed by atoms with Gasteiger partial charge in [0, 0.05) is 4.91 Å². The number of alkyl halides is 3. The Labute approximate surface area is 265 Å². The molecule has 0 radical (unpaired) electrons. The molecule has 5 atom stereocenters. The van der Waals surface area contributed by atoms with Gasteiger partial charge >= 0.3 is 17.9 Å². The average molecular weight is 662 g/mol. The zero-order valence-electron chi connectivity index (χ0n) is 22.5. The summed E-state index contributed by atoms with van der Waals surface area (Å²) in [5.41, 5.74) is 9.90. The molecule has 3 aromatic rings. The first-order valence-corrected chi connectivity index (χ1v) is 14.0. The molecule has 44 heavy (non-hydrogen) atoms. The summed E-state index contributed by atoms with van der Waals surface area (Å²) in [5, 5.41) is 11.9. The molecule has 12 nitrogen and oxygen atoms in total. The van der Waals surface area contributed by atoms with Crippen molar-refractivity contribution >= 4 is 58.6 Å². The lowest BCUT2D eigenvalue weighted by atomic mass is 9.96. The van der Waals surface area contributed by atoms with E-state index in [1.54, 1.807) is 54.6 Å². The summed E-state index contributed by atoms with van der Waals surface area (Å²) in [6.45, 7) is -0.545. The number of esters is 3. The fourth-order valence-corrected chi connectivity index (χ4v) is 4.25. The normalized spacial score (nSPS) is 21.2. The maximum atomic E-state index is 13.2. The third-order valence-corrected chi connectivity index (χ3v) is 6.70. The molecular formula is C29H23Cl3N4O8. The third-order valence-electron chi connectivity index (χ3n) is 6.19. The summed E-state index contributed by atoms with van der Waals surface area (Å²) in [7, 11) is 0. The van der Waals surface area contributed by atoms with Gasteiger partial charge in [0.15, 0.2) is 6.10 Å². The highest BCUT2D eigenvalue weighted by molar-refractivity contribution is 6.76. The number of halogens is 3. The molecule has 3 aromatic carbocycles. The van der Waals surface area contributed by atoms with E-state index in [1.165, 1.54) is 36.4 Å². The second-order valence-corrected chi connectivity index (χ2v) is 11.4. The van der Waals surface area contributed by atoms with Crippen LogP contribution in [0.5, 0.6) is 0 Å². The molecular weight excluding hydrogens is 639 g/mol. The summed E-state index contributed by atoms with van der Waals surface area (Å²) in [6.07, 6.45) is -6.41. The molecule has 4 rings (SSSR count). The molecule has 0 bridgehead atoms. The lowest BCUT2D eigenvalue weighted by Crippen LogP contribution is -2.62. The smallest absolute Gasteiger partial charge is 0.338 e. The van der Waals surface area contributed by atoms with Gasteiger partial charge in [-0.1, -0.05) is 94.5 Å². The Balaban J connectivity index is 1.73. The summed E-state index contributed by atoms with van der Waals surface area (Å²) in [5.74, 6) is -3.45. The van der Waals surface area contributed by atoms with Gasteiger partial charge in [0.2, 0.25) is 18.3 Å². The van der Waals surface area contributed by atoms with E-state index < -0.39 is 64.8 Å². The Morgan fingerprint density at radius 1 is 0.773 bits per heavy atom. The minimum atomic E-state index is -2.37. The number of ether oxygens (including phenoxy) is 5. The van der Waals surface area contributed by atoms with E-state index in [2.05, 4.69) is 10.0 Å². The van der Waals surface area contributed by atoms with Crippen LogP contribution in [-0.4, -0.2) is 64.8 Å². The van der Waals surface area contributed by atoms with Crippen molar-refractivity contribution in [1.29, 1.82) is 5.41 Å². The summed E-state index contributed by atoms with van der Waals surface area (Å²) in [4.78, 5) is 42.0. The molecule has 1 aliphatic rings. The van der Waals surface area contributed by atoms with E-state index in [0.717, 1.165) is 0 Å². The van der Waals surface area contributed by atoms with Crippen LogP contribution < -0.4 is 0 Å². The van der Waals surface area contributed by atoms with Crippen LogP contribution >= 0.6 is 34.8 Å². The molecule has 1 saturated heterocycles. The quantitative estimate of drug-likeness (QED) is 0.0421. The van der Waals surface area contributed by atoms with Gasteiger partial charge in [0.1, 0.15) is 18.8 Å². The summed E-state index contributed by atoms with van der Waals surface area (Å²) in [6, 6.07) is 22.2. The van der Waals surface area contributed by atoms with Gasteiger partial charge in [-0.3, -0.25) is 5.41 Å². The number of azide groups is 1. The average Bonchev–Trinajstić information content (AvgIpc) is 3.03. The van der Waals surface area contributed by atoms with E-state index in [0.29, 0.717) is 0 Å². The molecule has 15 heteroatoms. The van der Waals surface area contributed by atoms with Crippen molar-refractivity contribution < 1.29 is 38.1 Å². The number of rotatable bonds is 9. The highest BCUT2D eigenvalue weighted by atomic mass is 35.6. The first kappa shape index (κ1) is 32.6. The molecule has 0 saturated carbocycles. The van der Waals surface area contributed by atoms with Crippen LogP contribution in [0, 0.1) is 5.41 Å². The van der Waals surface area contributed by atoms with Gasteiger partial charge < -0.3 is 23.7 Å². The van der Waals surface area contributed by atoms with E-state index in [-0.39, 0.29) is 16.7 Å². The van der Waals surface area contributed by atoms with Crippen molar-refractivity contribution in [2.45, 2.75) is 34.4 Å². The minimum Gasteiger partial charge on any atom is -0.459 e. The van der Waals surface area contributed by atoms with Gasteiger partial charge in [-0.25, -0.2) is 14.4 Å². The molecule has 1 N–H and O–H groups in total. The standard InChI is InChI=1S/C29H23Cl3N4O8/c30-29(31,32)28(33)44-27-23(43-26(39)19-14-8-3-9-15-19)22(42-25(38)18-12-6-2-7-13-18)21(35-36-34)20(41-27)16-40-24(37)17-10-4-1-5-11-17/h1-15,20-23,27,33H,16H2/t20-,21-,22+,23-,27-/m1/s1. The molecule has 0 aliphatic carbocycles. The minimum absolute atomic E-state index is 0.107. The largest absolute Gasteiger partial charge is 0.459 e. The Morgan fingerprint density at radius 3 is 1.68 bits per heavy atom. The van der Waals surface area contributed by atoms with Gasteiger partial charge in [-0.05, 0) is 41.9 Å². The highest BCUT2D eigenvalue weighted by Gasteiger charge is 2.53. The number of hydrogen-bond acceptors (Lipinski definition) is 10. The van der Waals surface area contributed by atoms with Crippen LogP contribution in [-0.2, 0) is 23.7 Å². The fraction of sp³-hybridized carbons (Fsp3) is 0.241. The number of nitrogens with one attached hydrogen (secondary N) is 1. The molecule has 0 unspecified atom stereocenters. The number of hydrogen-bond donors (Lipinski definition) is 1. The van der Waals surface area contributed by atoms with Crippen LogP contribution in [0.1, 0.15) is 31.1 Å². The Bertz CT molecular complexity index is 1520. The molecule has 228 valence electrons. The Morgan fingerprint density at radius 2 is 1.23 bits per heavy atom. The lowest BCUT2D eigenvalue weighted by Gasteiger charge is -2.43. The van der Waals surface area contributed by atoms with Gasteiger partial charge in [0.05, 0.1) is 16.7 Å². The van der Waals surface area contributed by atoms with Crippen molar-refractivity contribution in [1.82, 2.24) is 0 Å². The van der Waals surface area contributed by atoms with E-state index in [9.17, 15) is 19.9 Å². The van der Waals surface area contributed by atoms with Gasteiger partial charge in [0.25, 0.3) is 3.79 Å². The fourth-order valence-electron chi connectivity index (χ4n) is 4.11. The molecule has 0 spiro atoms. The maximum Gasteiger partial charge on any atom is 0.338 e. The summed E-state index contributed by atoms with van der Waals surface area (Å²) >= 11 is 17.5. The monoisotopic (exact) mass is 660 g/mol. The first-order valence-electron chi connectivity index (χ1n) is 12.8. The zero-order valence-corrected chi connectivity index (χ0v) is 24.8. The van der Waals surface area contributed by atoms with Crippen molar-refractivity contribution in [2.24, 2.45) is 5.11 Å². The van der Waals surface area contributed by atoms with Crippen LogP contribution in [0.4, 0.5) is 0 Å². The Kier molecular flexibility index (Phi) is 11.0. The summed E-state index contributed by atoms with van der Waals surface area (Å²) < 4.78 is 25.9. The zero-order chi connectivity index (χ0) is 31.7. The molecule has 1 fully saturated rings. The number of nitrogens with zero attached hydrogens (tertiary/aromatic N) is 3. The van der Waals surface area contributed by atoms with Crippen LogP contribution in [0.15, 0.2) is 96.1 Å². The van der Waals surface area contributed by atoms with Crippen LogP contribution in [0.25, 0.3) is 10.4 Å². The van der Waals surface area contributed by atoms with Crippen molar-refractivity contribution in [3.63, 3.8) is 0 Å². The van der Waals surface area contributed by atoms with Gasteiger partial charge in [-0.2, -0.15) is 0 Å². The molecule has 0 amide bonds. The second-order valence-electron chi connectivity index (χ2n) is 9.12. The SMILES string of the molecule is [N-]=[N+]=N[C@H]1[C@H](OC(=O)c2ccccc2)[C@@H](OC(=O)c2ccccc2)[C@@H](OC(=N)C(Cl)(Cl)Cl)O[C@@H]1COC(=O)c1ccccc1. The van der Waals surface area contributed by atoms with Gasteiger partial charge in [-0.15, -0.1) is 0 Å². The third kappa shape index (κ3) is 8.40. The Hall–Kier alpha value is -4.32. The van der Waals surface area contributed by atoms with Crippen LogP contribution in [0.2, 0.25) is 0 Å². The number of carbonyl (C=O) groups is 3. The molecule has 1 aliphatic heterocycles. The number of carbonyl (C=O) groups excluding carboxylic acids is 3. The molecule has 1 heterocycles. The van der Waals surface area contributed by atoms with E-state index >= 15 is 0 Å². The highest BCUT2D eigenvalue weighted by Crippen LogP contribution is 2.34. The van der Waals surface area contributed by atoms with E-state index in [1.807, 2.05) is 0 Å². The predicted molar refractivity (Wildman–Crippen MR) is 159 cm³/mol.